The van der Waals surface area contributed by atoms with Crippen molar-refractivity contribution in [2.24, 2.45) is 10.9 Å². The van der Waals surface area contributed by atoms with Crippen molar-refractivity contribution in [1.29, 1.82) is 0 Å². The minimum atomic E-state index is 0.153. The Bertz CT molecular complexity index is 622. The van der Waals surface area contributed by atoms with Crippen LogP contribution in [0.4, 0.5) is 0 Å². The lowest BCUT2D eigenvalue weighted by atomic mass is 10.2. The number of aromatic hydroxyl groups is 1. The van der Waals surface area contributed by atoms with Gasteiger partial charge in [-0.15, -0.1) is 0 Å². The number of phenolic OH excluding ortho intramolecular Hbond substituents is 1. The van der Waals surface area contributed by atoms with Crippen molar-refractivity contribution in [2.75, 3.05) is 45.9 Å². The molecule has 0 spiro atoms. The number of guanidine groups is 1. The number of benzene rings is 1. The molecule has 0 aromatic heterocycles. The van der Waals surface area contributed by atoms with E-state index in [4.69, 9.17) is 9.47 Å². The minimum absolute atomic E-state index is 0.153. The molecule has 7 nitrogen and oxygen atoms in total. The van der Waals surface area contributed by atoms with E-state index < -0.39 is 0 Å². The van der Waals surface area contributed by atoms with Gasteiger partial charge in [0.1, 0.15) is 0 Å². The van der Waals surface area contributed by atoms with E-state index in [1.807, 2.05) is 26.0 Å². The molecule has 158 valence electrons. The van der Waals surface area contributed by atoms with E-state index >= 15 is 0 Å². The molecule has 1 aliphatic heterocycles. The van der Waals surface area contributed by atoms with Crippen molar-refractivity contribution in [3.63, 3.8) is 0 Å². The molecule has 2 rings (SSSR count). The lowest BCUT2D eigenvalue weighted by molar-refractivity contribution is -0.0284. The third-order valence-corrected chi connectivity index (χ3v) is 4.43. The van der Waals surface area contributed by atoms with Crippen LogP contribution in [-0.4, -0.2) is 68.0 Å². The molecular weight excluding hydrogens is 356 g/mol. The molecule has 1 unspecified atom stereocenters. The fourth-order valence-corrected chi connectivity index (χ4v) is 3.24. The zero-order chi connectivity index (χ0) is 20.4. The van der Waals surface area contributed by atoms with E-state index in [2.05, 4.69) is 34.4 Å². The highest BCUT2D eigenvalue weighted by Gasteiger charge is 2.21. The summed E-state index contributed by atoms with van der Waals surface area (Å²) in [5, 5.41) is 16.5. The van der Waals surface area contributed by atoms with E-state index in [0.717, 1.165) is 50.9 Å². The Kier molecular flexibility index (Phi) is 9.37. The quantitative estimate of drug-likeness (QED) is 0.442. The standard InChI is InChI=1S/C21H36N4O3/c1-5-22-21(23-12-17-7-8-19(26)20(11-17)27-6-2)24-13-18-15-25(9-10-28-18)14-16(3)4/h7-8,11,16,18,26H,5-6,9-10,12-15H2,1-4H3,(H2,22,23,24). The van der Waals surface area contributed by atoms with Gasteiger partial charge in [0.15, 0.2) is 17.5 Å². The largest absolute Gasteiger partial charge is 0.504 e. The predicted octanol–water partition coefficient (Wildman–Crippen LogP) is 2.20. The van der Waals surface area contributed by atoms with Crippen LogP contribution in [0.1, 0.15) is 33.3 Å². The van der Waals surface area contributed by atoms with Crippen LogP contribution in [-0.2, 0) is 11.3 Å². The summed E-state index contributed by atoms with van der Waals surface area (Å²) >= 11 is 0. The molecule has 0 aliphatic carbocycles. The van der Waals surface area contributed by atoms with Gasteiger partial charge in [-0.05, 0) is 37.5 Å². The lowest BCUT2D eigenvalue weighted by Gasteiger charge is -2.34. The molecule has 1 heterocycles. The molecule has 28 heavy (non-hydrogen) atoms. The number of phenols is 1. The van der Waals surface area contributed by atoms with Crippen molar-refractivity contribution in [3.05, 3.63) is 23.8 Å². The third-order valence-electron chi connectivity index (χ3n) is 4.43. The Morgan fingerprint density at radius 1 is 1.36 bits per heavy atom. The van der Waals surface area contributed by atoms with Crippen LogP contribution in [0.25, 0.3) is 0 Å². The van der Waals surface area contributed by atoms with Crippen molar-refractivity contribution >= 4 is 5.96 Å². The molecule has 0 bridgehead atoms. The van der Waals surface area contributed by atoms with E-state index in [1.54, 1.807) is 6.07 Å². The first kappa shape index (κ1) is 22.3. The molecule has 1 aliphatic rings. The van der Waals surface area contributed by atoms with Gasteiger partial charge in [-0.2, -0.15) is 0 Å². The van der Waals surface area contributed by atoms with Gasteiger partial charge in [-0.25, -0.2) is 4.99 Å². The van der Waals surface area contributed by atoms with Gasteiger partial charge >= 0.3 is 0 Å². The second-order valence-corrected chi connectivity index (χ2v) is 7.46. The fraction of sp³-hybridized carbons (Fsp3) is 0.667. The number of rotatable bonds is 9. The van der Waals surface area contributed by atoms with E-state index in [1.165, 1.54) is 0 Å². The Hall–Kier alpha value is -1.99. The normalized spacial score (nSPS) is 18.3. The SMILES string of the molecule is CCNC(=NCc1ccc(O)c(OCC)c1)NCC1CN(CC(C)C)CCO1. The number of morpholine rings is 1. The number of ether oxygens (including phenoxy) is 2. The van der Waals surface area contributed by atoms with Crippen molar-refractivity contribution in [3.8, 4) is 11.5 Å². The summed E-state index contributed by atoms with van der Waals surface area (Å²) in [5.74, 6) is 2.07. The van der Waals surface area contributed by atoms with Gasteiger partial charge in [-0.3, -0.25) is 4.90 Å². The highest BCUT2D eigenvalue weighted by molar-refractivity contribution is 5.79. The highest BCUT2D eigenvalue weighted by Crippen LogP contribution is 2.27. The summed E-state index contributed by atoms with van der Waals surface area (Å²) in [6, 6.07) is 5.34. The molecule has 1 fully saturated rings. The van der Waals surface area contributed by atoms with Crippen molar-refractivity contribution in [1.82, 2.24) is 15.5 Å². The molecule has 3 N–H and O–H groups in total. The summed E-state index contributed by atoms with van der Waals surface area (Å²) in [6.07, 6.45) is 0.162. The number of aliphatic imine (C=N–C) groups is 1. The third kappa shape index (κ3) is 7.56. The van der Waals surface area contributed by atoms with Gasteiger partial charge in [0.05, 0.1) is 25.9 Å². The van der Waals surface area contributed by atoms with Crippen molar-refractivity contribution in [2.45, 2.75) is 40.3 Å². The topological polar surface area (TPSA) is 78.4 Å². The minimum Gasteiger partial charge on any atom is -0.504 e. The van der Waals surface area contributed by atoms with Crippen LogP contribution in [0.2, 0.25) is 0 Å². The first-order valence-corrected chi connectivity index (χ1v) is 10.3. The summed E-state index contributed by atoms with van der Waals surface area (Å²) < 4.78 is 11.4. The average molecular weight is 393 g/mol. The molecule has 0 radical (unpaired) electrons. The van der Waals surface area contributed by atoms with E-state index in [9.17, 15) is 5.11 Å². The molecule has 0 amide bonds. The maximum absolute atomic E-state index is 9.83. The first-order valence-electron chi connectivity index (χ1n) is 10.3. The number of nitrogens with one attached hydrogen (secondary N) is 2. The molecule has 0 saturated carbocycles. The molecule has 1 aromatic carbocycles. The van der Waals surface area contributed by atoms with Gasteiger partial charge in [0.2, 0.25) is 0 Å². The van der Waals surface area contributed by atoms with Crippen LogP contribution in [0.5, 0.6) is 11.5 Å². The van der Waals surface area contributed by atoms with E-state index in [0.29, 0.717) is 24.8 Å². The first-order chi connectivity index (χ1) is 13.5. The number of hydrogen-bond acceptors (Lipinski definition) is 5. The summed E-state index contributed by atoms with van der Waals surface area (Å²) in [6.45, 7) is 14.8. The Labute approximate surface area is 169 Å². The maximum atomic E-state index is 9.83. The highest BCUT2D eigenvalue weighted by atomic mass is 16.5. The molecule has 7 heteroatoms. The Morgan fingerprint density at radius 3 is 2.89 bits per heavy atom. The lowest BCUT2D eigenvalue weighted by Crippen LogP contribution is -2.50. The second-order valence-electron chi connectivity index (χ2n) is 7.46. The predicted molar refractivity (Wildman–Crippen MR) is 113 cm³/mol. The maximum Gasteiger partial charge on any atom is 0.191 e. The fourth-order valence-electron chi connectivity index (χ4n) is 3.24. The van der Waals surface area contributed by atoms with Gasteiger partial charge < -0.3 is 25.2 Å². The molecule has 1 atom stereocenters. The summed E-state index contributed by atoms with van der Waals surface area (Å²) in [5.41, 5.74) is 0.982. The number of hydrogen-bond donors (Lipinski definition) is 3. The zero-order valence-electron chi connectivity index (χ0n) is 17.7. The van der Waals surface area contributed by atoms with Crippen LogP contribution < -0.4 is 15.4 Å². The monoisotopic (exact) mass is 392 g/mol. The van der Waals surface area contributed by atoms with Crippen LogP contribution in [0, 0.1) is 5.92 Å². The summed E-state index contributed by atoms with van der Waals surface area (Å²) in [4.78, 5) is 7.12. The van der Waals surface area contributed by atoms with E-state index in [-0.39, 0.29) is 11.9 Å². The van der Waals surface area contributed by atoms with Crippen LogP contribution >= 0.6 is 0 Å². The number of nitrogens with zero attached hydrogens (tertiary/aromatic N) is 2. The molecule has 1 saturated heterocycles. The molecular formula is C21H36N4O3. The smallest absolute Gasteiger partial charge is 0.191 e. The second kappa shape index (κ2) is 11.8. The zero-order valence-corrected chi connectivity index (χ0v) is 17.7. The van der Waals surface area contributed by atoms with Gasteiger partial charge in [0.25, 0.3) is 0 Å². The van der Waals surface area contributed by atoms with Gasteiger partial charge in [0, 0.05) is 32.7 Å². The van der Waals surface area contributed by atoms with Crippen molar-refractivity contribution < 1.29 is 14.6 Å². The van der Waals surface area contributed by atoms with Crippen LogP contribution in [0.15, 0.2) is 23.2 Å². The Balaban J connectivity index is 1.90. The van der Waals surface area contributed by atoms with Crippen LogP contribution in [0.3, 0.4) is 0 Å². The summed E-state index contributed by atoms with van der Waals surface area (Å²) in [7, 11) is 0. The Morgan fingerprint density at radius 2 is 2.18 bits per heavy atom. The molecule has 1 aromatic rings. The van der Waals surface area contributed by atoms with Gasteiger partial charge in [-0.1, -0.05) is 19.9 Å². The average Bonchev–Trinajstić information content (AvgIpc) is 2.66.